The zero-order valence-electron chi connectivity index (χ0n) is 33.1. The van der Waals surface area contributed by atoms with Crippen molar-refractivity contribution >= 4 is 129 Å². The fraction of sp³-hybridized carbons (Fsp3) is 0. The van der Waals surface area contributed by atoms with Gasteiger partial charge in [-0.05, 0) is 106 Å². The van der Waals surface area contributed by atoms with Gasteiger partial charge in [-0.3, -0.25) is 13.7 Å². The Labute approximate surface area is 386 Å². The zero-order chi connectivity index (χ0) is 47.7. The average molecular weight is 1010 g/mol. The number of carbonyl (C=O) groups is 1. The Kier molecular flexibility index (Phi) is 12.9. The minimum Gasteiger partial charge on any atom is -0.324 e. The summed E-state index contributed by atoms with van der Waals surface area (Å²) in [6.07, 6.45) is 0. The number of nitrogens with zero attached hydrogens (tertiary/aromatic N) is 7. The summed E-state index contributed by atoms with van der Waals surface area (Å²) in [4.78, 5) is 24.5. The van der Waals surface area contributed by atoms with Gasteiger partial charge in [-0.25, -0.2) is 10.1 Å². The van der Waals surface area contributed by atoms with Gasteiger partial charge in [0.15, 0.2) is 0 Å². The molecule has 0 saturated heterocycles. The van der Waals surface area contributed by atoms with Crippen LogP contribution in [0.5, 0.6) is 0 Å². The van der Waals surface area contributed by atoms with E-state index < -0.39 is 51.1 Å². The number of hydrogen-bond acceptors (Lipinski definition) is 21. The monoisotopic (exact) mass is 1010 g/mol. The second-order valence-electron chi connectivity index (χ2n) is 13.6. The molecule has 0 unspecified atom stereocenters. The van der Waals surface area contributed by atoms with Gasteiger partial charge >= 0.3 is 6.03 Å². The van der Waals surface area contributed by atoms with Crippen LogP contribution >= 0.6 is 24.7 Å². The Hall–Kier alpha value is -7.10. The predicted molar refractivity (Wildman–Crippen MR) is 243 cm³/mol. The summed E-state index contributed by atoms with van der Waals surface area (Å²) in [7, 11) is -14.6. The number of fused-ring (bicyclic) bond motifs is 2. The van der Waals surface area contributed by atoms with Crippen molar-refractivity contribution in [2.45, 2.75) is 24.7 Å². The van der Waals surface area contributed by atoms with Gasteiger partial charge in [0.25, 0.3) is 30.4 Å². The van der Waals surface area contributed by atoms with Crippen LogP contribution in [-0.2, 0) is 39.7 Å². The van der Waals surface area contributed by atoms with Crippen LogP contribution in [0, 0.1) is 0 Å². The summed E-state index contributed by atoms with van der Waals surface area (Å²) < 4.78 is 108. The molecule has 0 atom stereocenters. The van der Waals surface area contributed by atoms with E-state index in [1.54, 1.807) is 48.5 Å². The molecule has 8 aromatic rings. The molecule has 8 rings (SSSR count). The van der Waals surface area contributed by atoms with E-state index in [2.05, 4.69) is 79.1 Å². The minimum atomic E-state index is -4.97. The van der Waals surface area contributed by atoms with Gasteiger partial charge in [0.05, 0.1) is 22.6 Å². The molecule has 25 nitrogen and oxygen atoms in total. The number of amides is 2. The highest BCUT2D eigenvalue weighted by atomic mass is 32.2. The number of urea groups is 1. The Bertz CT molecular complexity index is 3610. The zero-order valence-corrected chi connectivity index (χ0v) is 37.2. The normalized spacial score (nSPS) is 12.0. The van der Waals surface area contributed by atoms with Crippen molar-refractivity contribution in [1.29, 1.82) is 0 Å². The van der Waals surface area contributed by atoms with Gasteiger partial charge in [-0.15, -0.1) is 22.1 Å². The molecule has 30 heteroatoms. The van der Waals surface area contributed by atoms with Crippen molar-refractivity contribution in [3.8, 4) is 5.69 Å². The molecule has 344 valence electrons. The first-order valence-corrected chi connectivity index (χ1v) is 23.9. The maximum atomic E-state index is 13.1. The predicted octanol–water partition coefficient (Wildman–Crippen LogP) is 6.49. The lowest BCUT2D eigenvalue weighted by molar-refractivity contribution is -0.432. The molecule has 2 amide bonds. The first-order chi connectivity index (χ1) is 31.8. The van der Waals surface area contributed by atoms with Crippen molar-refractivity contribution in [3.63, 3.8) is 0 Å². The number of anilines is 8. The highest BCUT2D eigenvalue weighted by molar-refractivity contribution is 7.94. The highest BCUT2D eigenvalue weighted by Crippen LogP contribution is 2.34. The second kappa shape index (κ2) is 18.6. The van der Waals surface area contributed by atoms with Crippen LogP contribution in [0.4, 0.5) is 51.1 Å². The van der Waals surface area contributed by atoms with E-state index in [9.17, 15) is 43.7 Å². The van der Waals surface area contributed by atoms with Crippen molar-refractivity contribution in [2.24, 2.45) is 0 Å². The van der Waals surface area contributed by atoms with Gasteiger partial charge in [0.2, 0.25) is 23.0 Å². The minimum absolute atomic E-state index is 0.0345. The number of aromatic nitrogens is 7. The van der Waals surface area contributed by atoms with Gasteiger partial charge in [-0.1, -0.05) is 29.3 Å². The standard InChI is InChI=1S/C37H28N12O13S5/c50-36(42-23-5-2-6-26(16-23)49-37(63)46-47-48-49)41-22-4-1-3-21(15-22)38-33-43-34(39-24-7-9-29-19(11-24)13-27(64-62-61-51)17-31(29)66(55,56)57)45-35(44-33)40-25-8-10-30-20(12-25)14-28(65(52,53)54)18-32(30)67(58,59)60/h1-18,51H,(H2,41,42,50)(H,46,48,63)(H,52,53,54)(H,55,56,57)(H,58,59,60)(H3,38,39,40,43,44,45). The Morgan fingerprint density at radius 1 is 0.612 bits per heavy atom. The van der Waals surface area contributed by atoms with Crippen LogP contribution in [0.2, 0.25) is 0 Å². The molecule has 2 heterocycles. The van der Waals surface area contributed by atoms with E-state index in [1.807, 2.05) is 0 Å². The number of carbonyl (C=O) groups excluding carboxylic acids is 1. The molecule has 6 aromatic carbocycles. The molecule has 0 radical (unpaired) electrons. The Balaban J connectivity index is 1.12. The molecular formula is C37H28N12O13S5. The first kappa shape index (κ1) is 46.4. The lowest BCUT2D eigenvalue weighted by atomic mass is 10.1. The maximum Gasteiger partial charge on any atom is 0.323 e. The van der Waals surface area contributed by atoms with E-state index in [0.29, 0.717) is 40.9 Å². The molecule has 2 aromatic heterocycles. The second-order valence-corrected chi connectivity index (χ2v) is 19.0. The number of benzene rings is 6. The van der Waals surface area contributed by atoms with Crippen LogP contribution in [0.25, 0.3) is 27.2 Å². The Morgan fingerprint density at radius 2 is 1.13 bits per heavy atom. The molecule has 67 heavy (non-hydrogen) atoms. The van der Waals surface area contributed by atoms with Crippen LogP contribution in [0.3, 0.4) is 0 Å². The highest BCUT2D eigenvalue weighted by Gasteiger charge is 2.22. The molecule has 0 fully saturated rings. The van der Waals surface area contributed by atoms with Gasteiger partial charge in [-0.2, -0.15) is 44.9 Å². The summed E-state index contributed by atoms with van der Waals surface area (Å²) in [5.74, 6) is -0.373. The van der Waals surface area contributed by atoms with Crippen molar-refractivity contribution in [2.75, 3.05) is 26.6 Å². The SMILES string of the molecule is O=C(Nc1cccc(Nc2nc(Nc3ccc4c(S(=O)(=O)O)cc(SOOO)cc4c3)nc(Nc3ccc4c(S(=O)(=O)O)cc(S(=O)(=O)O)cc4c3)n2)c1)Nc1cccc(-n2nnnc2S)c1. The van der Waals surface area contributed by atoms with Crippen LogP contribution in [-0.4, -0.2) is 85.4 Å². The summed E-state index contributed by atoms with van der Waals surface area (Å²) in [5, 5.41) is 38.3. The van der Waals surface area contributed by atoms with E-state index >= 15 is 0 Å². The third-order valence-corrected chi connectivity index (χ3v) is 12.6. The molecule has 0 bridgehead atoms. The summed E-state index contributed by atoms with van der Waals surface area (Å²) in [6, 6.07) is 25.0. The number of rotatable bonds is 15. The first-order valence-electron chi connectivity index (χ1n) is 18.3. The molecule has 9 N–H and O–H groups in total. The van der Waals surface area contributed by atoms with E-state index in [0.717, 1.165) is 12.1 Å². The number of tetrazole rings is 1. The molecule has 0 aliphatic rings. The van der Waals surface area contributed by atoms with Gasteiger partial charge in [0, 0.05) is 44.1 Å². The quantitative estimate of drug-likeness (QED) is 0.0172. The average Bonchev–Trinajstić information content (AvgIpc) is 3.69. The third kappa shape index (κ3) is 11.1. The van der Waals surface area contributed by atoms with Crippen molar-refractivity contribution < 1.29 is 58.3 Å². The van der Waals surface area contributed by atoms with E-state index in [4.69, 9.17) is 5.26 Å². The van der Waals surface area contributed by atoms with Crippen molar-refractivity contribution in [1.82, 2.24) is 35.2 Å². The molecule has 0 aliphatic carbocycles. The summed E-state index contributed by atoms with van der Waals surface area (Å²) in [5.41, 5.74) is 2.10. The lowest BCUT2D eigenvalue weighted by Crippen LogP contribution is -2.19. The van der Waals surface area contributed by atoms with E-state index in [-0.39, 0.29) is 60.8 Å². The van der Waals surface area contributed by atoms with Crippen molar-refractivity contribution in [3.05, 3.63) is 109 Å². The number of hydrogen-bond donors (Lipinski definition) is 10. The van der Waals surface area contributed by atoms with E-state index in [1.165, 1.54) is 47.1 Å². The smallest absolute Gasteiger partial charge is 0.323 e. The summed E-state index contributed by atoms with van der Waals surface area (Å²) in [6.45, 7) is 0. The summed E-state index contributed by atoms with van der Waals surface area (Å²) >= 11 is 4.67. The fourth-order valence-electron chi connectivity index (χ4n) is 6.41. The molecule has 0 spiro atoms. The maximum absolute atomic E-state index is 13.1. The topological polar surface area (TPSA) is 361 Å². The molecule has 0 aliphatic heterocycles. The van der Waals surface area contributed by atoms with Crippen LogP contribution < -0.4 is 26.6 Å². The fourth-order valence-corrected chi connectivity index (χ4v) is 9.23. The van der Waals surface area contributed by atoms with Crippen LogP contribution in [0.15, 0.2) is 134 Å². The molecular weight excluding hydrogens is 981 g/mol. The number of thiol groups is 1. The van der Waals surface area contributed by atoms with Gasteiger partial charge in [0.1, 0.15) is 9.79 Å². The lowest BCUT2D eigenvalue weighted by Gasteiger charge is -2.14. The number of nitrogens with one attached hydrogen (secondary N) is 5. The molecule has 0 saturated carbocycles. The Morgan fingerprint density at radius 3 is 1.67 bits per heavy atom. The largest absolute Gasteiger partial charge is 0.324 e. The third-order valence-electron chi connectivity index (χ3n) is 9.12. The van der Waals surface area contributed by atoms with Gasteiger partial charge < -0.3 is 26.6 Å². The van der Waals surface area contributed by atoms with Crippen LogP contribution in [0.1, 0.15) is 0 Å².